The summed E-state index contributed by atoms with van der Waals surface area (Å²) in [5.74, 6) is 0.714. The molecule has 2 aromatic heterocycles. The lowest BCUT2D eigenvalue weighted by molar-refractivity contribution is 0.324. The Balaban J connectivity index is 1.95. The minimum atomic E-state index is -0.883. The molecule has 6 heteroatoms. The van der Waals surface area contributed by atoms with Crippen molar-refractivity contribution in [1.82, 2.24) is 20.1 Å². The summed E-state index contributed by atoms with van der Waals surface area (Å²) in [5.41, 5.74) is -0.0252. The third-order valence-electron chi connectivity index (χ3n) is 2.86. The SMILES string of the molecule is CC1(c2nc(-c3ccncn3)no2)CC1F. The van der Waals surface area contributed by atoms with Crippen LogP contribution < -0.4 is 0 Å². The molecule has 1 aliphatic carbocycles. The Morgan fingerprint density at radius 3 is 3.00 bits per heavy atom. The normalized spacial score (nSPS) is 28.0. The van der Waals surface area contributed by atoms with E-state index in [1.54, 1.807) is 19.2 Å². The lowest BCUT2D eigenvalue weighted by atomic mass is 10.1. The molecule has 2 atom stereocenters. The average molecular weight is 220 g/mol. The molecule has 16 heavy (non-hydrogen) atoms. The van der Waals surface area contributed by atoms with Gasteiger partial charge < -0.3 is 4.52 Å². The zero-order chi connectivity index (χ0) is 11.2. The van der Waals surface area contributed by atoms with Crippen LogP contribution >= 0.6 is 0 Å². The second-order valence-electron chi connectivity index (χ2n) is 4.11. The van der Waals surface area contributed by atoms with Gasteiger partial charge in [-0.15, -0.1) is 0 Å². The van der Waals surface area contributed by atoms with Gasteiger partial charge in [-0.3, -0.25) is 0 Å². The van der Waals surface area contributed by atoms with Gasteiger partial charge in [-0.2, -0.15) is 4.98 Å². The number of hydrogen-bond acceptors (Lipinski definition) is 5. The molecule has 3 rings (SSSR count). The fourth-order valence-electron chi connectivity index (χ4n) is 1.52. The standard InChI is InChI=1S/C10H9FN4O/c1-10(4-7(10)11)9-14-8(15-16-9)6-2-3-12-5-13-6/h2-3,5,7H,4H2,1H3. The minimum Gasteiger partial charge on any atom is -0.338 e. The van der Waals surface area contributed by atoms with Crippen LogP contribution in [0.15, 0.2) is 23.1 Å². The van der Waals surface area contributed by atoms with E-state index in [-0.39, 0.29) is 0 Å². The predicted octanol–water partition coefficient (Wildman–Crippen LogP) is 1.53. The van der Waals surface area contributed by atoms with Crippen LogP contribution in [0, 0.1) is 0 Å². The van der Waals surface area contributed by atoms with E-state index in [9.17, 15) is 4.39 Å². The van der Waals surface area contributed by atoms with Gasteiger partial charge in [0, 0.05) is 6.20 Å². The van der Waals surface area contributed by atoms with Gasteiger partial charge in [0.2, 0.25) is 11.7 Å². The Morgan fingerprint density at radius 1 is 1.56 bits per heavy atom. The summed E-state index contributed by atoms with van der Waals surface area (Å²) < 4.78 is 18.2. The molecule has 1 saturated carbocycles. The van der Waals surface area contributed by atoms with Crippen molar-refractivity contribution in [3.63, 3.8) is 0 Å². The van der Waals surface area contributed by atoms with E-state index in [1.807, 2.05) is 0 Å². The van der Waals surface area contributed by atoms with Crippen molar-refractivity contribution in [3.8, 4) is 11.5 Å². The monoisotopic (exact) mass is 220 g/mol. The molecule has 0 aliphatic heterocycles. The zero-order valence-corrected chi connectivity index (χ0v) is 8.59. The summed E-state index contributed by atoms with van der Waals surface area (Å²) >= 11 is 0. The molecular weight excluding hydrogens is 211 g/mol. The average Bonchev–Trinajstić information content (AvgIpc) is 2.77. The minimum absolute atomic E-state index is 0.341. The number of aromatic nitrogens is 4. The van der Waals surface area contributed by atoms with Crippen molar-refractivity contribution in [2.75, 3.05) is 0 Å². The Labute approximate surface area is 90.7 Å². The van der Waals surface area contributed by atoms with Crippen molar-refractivity contribution in [2.45, 2.75) is 24.9 Å². The fourth-order valence-corrected chi connectivity index (χ4v) is 1.52. The topological polar surface area (TPSA) is 64.7 Å². The molecule has 2 unspecified atom stereocenters. The van der Waals surface area contributed by atoms with E-state index in [0.717, 1.165) is 0 Å². The summed E-state index contributed by atoms with van der Waals surface area (Å²) in [5, 5.41) is 3.78. The number of halogens is 1. The lowest BCUT2D eigenvalue weighted by Crippen LogP contribution is -2.04. The molecule has 0 radical (unpaired) electrons. The molecule has 0 aromatic carbocycles. The van der Waals surface area contributed by atoms with E-state index >= 15 is 0 Å². The Morgan fingerprint density at radius 2 is 2.38 bits per heavy atom. The number of alkyl halides is 1. The molecule has 0 saturated heterocycles. The molecule has 82 valence electrons. The number of rotatable bonds is 2. The molecule has 2 aromatic rings. The van der Waals surface area contributed by atoms with Gasteiger partial charge in [-0.05, 0) is 19.4 Å². The largest absolute Gasteiger partial charge is 0.338 e. The molecule has 5 nitrogen and oxygen atoms in total. The summed E-state index contributed by atoms with van der Waals surface area (Å²) in [7, 11) is 0. The van der Waals surface area contributed by atoms with E-state index in [2.05, 4.69) is 20.1 Å². The van der Waals surface area contributed by atoms with E-state index in [0.29, 0.717) is 23.8 Å². The van der Waals surface area contributed by atoms with E-state index in [1.165, 1.54) is 6.33 Å². The maximum atomic E-state index is 13.1. The molecule has 0 amide bonds. The van der Waals surface area contributed by atoms with Crippen molar-refractivity contribution in [2.24, 2.45) is 0 Å². The van der Waals surface area contributed by atoms with Gasteiger partial charge >= 0.3 is 0 Å². The van der Waals surface area contributed by atoms with Crippen LogP contribution in [0.3, 0.4) is 0 Å². The van der Waals surface area contributed by atoms with Crippen LogP contribution in [0.4, 0.5) is 4.39 Å². The van der Waals surface area contributed by atoms with Gasteiger partial charge in [0.25, 0.3) is 0 Å². The molecular formula is C10H9FN4O. The lowest BCUT2D eigenvalue weighted by Gasteiger charge is -1.97. The van der Waals surface area contributed by atoms with E-state index < -0.39 is 11.6 Å². The van der Waals surface area contributed by atoms with Gasteiger partial charge in [0.1, 0.15) is 18.2 Å². The Hall–Kier alpha value is -1.85. The molecule has 0 bridgehead atoms. The second-order valence-corrected chi connectivity index (χ2v) is 4.11. The number of nitrogens with zero attached hydrogens (tertiary/aromatic N) is 4. The molecule has 1 fully saturated rings. The van der Waals surface area contributed by atoms with Gasteiger partial charge in [0.15, 0.2) is 0 Å². The molecule has 0 N–H and O–H groups in total. The van der Waals surface area contributed by atoms with Crippen LogP contribution in [0.5, 0.6) is 0 Å². The summed E-state index contributed by atoms with van der Waals surface area (Å²) in [4.78, 5) is 11.9. The summed E-state index contributed by atoms with van der Waals surface area (Å²) in [6, 6.07) is 1.68. The quantitative estimate of drug-likeness (QED) is 0.767. The molecule has 0 spiro atoms. The maximum absolute atomic E-state index is 13.1. The van der Waals surface area contributed by atoms with Crippen LogP contribution in [0.1, 0.15) is 19.2 Å². The first-order chi connectivity index (χ1) is 7.70. The highest BCUT2D eigenvalue weighted by Crippen LogP contribution is 2.49. The third-order valence-corrected chi connectivity index (χ3v) is 2.86. The summed E-state index contributed by atoms with van der Waals surface area (Å²) in [6.07, 6.45) is 2.56. The molecule has 1 aliphatic rings. The van der Waals surface area contributed by atoms with E-state index in [4.69, 9.17) is 4.52 Å². The zero-order valence-electron chi connectivity index (χ0n) is 8.59. The smallest absolute Gasteiger partial charge is 0.235 e. The third kappa shape index (κ3) is 1.30. The van der Waals surface area contributed by atoms with Crippen LogP contribution in [-0.4, -0.2) is 26.3 Å². The van der Waals surface area contributed by atoms with Crippen LogP contribution in [-0.2, 0) is 5.41 Å². The molecule has 2 heterocycles. The van der Waals surface area contributed by atoms with Gasteiger partial charge in [0.05, 0.1) is 5.41 Å². The highest BCUT2D eigenvalue weighted by molar-refractivity contribution is 5.47. The van der Waals surface area contributed by atoms with Gasteiger partial charge in [-0.25, -0.2) is 14.4 Å². The maximum Gasteiger partial charge on any atom is 0.235 e. The second kappa shape index (κ2) is 3.07. The van der Waals surface area contributed by atoms with Crippen molar-refractivity contribution >= 4 is 0 Å². The van der Waals surface area contributed by atoms with Crippen LogP contribution in [0.2, 0.25) is 0 Å². The highest BCUT2D eigenvalue weighted by atomic mass is 19.1. The van der Waals surface area contributed by atoms with Crippen molar-refractivity contribution in [1.29, 1.82) is 0 Å². The first-order valence-corrected chi connectivity index (χ1v) is 4.95. The Kier molecular flexibility index (Phi) is 1.80. The summed E-state index contributed by atoms with van der Waals surface area (Å²) in [6.45, 7) is 1.77. The Bertz CT molecular complexity index is 515. The highest BCUT2D eigenvalue weighted by Gasteiger charge is 2.57. The predicted molar refractivity (Wildman–Crippen MR) is 52.2 cm³/mol. The van der Waals surface area contributed by atoms with Crippen LogP contribution in [0.25, 0.3) is 11.5 Å². The van der Waals surface area contributed by atoms with Crippen molar-refractivity contribution < 1.29 is 8.91 Å². The first-order valence-electron chi connectivity index (χ1n) is 4.95. The van der Waals surface area contributed by atoms with Gasteiger partial charge in [-0.1, -0.05) is 5.16 Å². The number of hydrogen-bond donors (Lipinski definition) is 0. The first kappa shape index (κ1) is 9.38. The van der Waals surface area contributed by atoms with Crippen molar-refractivity contribution in [3.05, 3.63) is 24.5 Å². The fraction of sp³-hybridized carbons (Fsp3) is 0.400.